The van der Waals surface area contributed by atoms with E-state index in [1.807, 2.05) is 18.4 Å². The SMILES string of the molecule is COc1cccc2c(CCCN(C3CCC3)C3COc4c(F)ccc(C(N)=O)c4C3)coc12. The summed E-state index contributed by atoms with van der Waals surface area (Å²) in [5.41, 5.74) is 8.45. The lowest BCUT2D eigenvalue weighted by Crippen LogP contribution is -2.51. The number of primary amides is 1. The van der Waals surface area contributed by atoms with Crippen LogP contribution < -0.4 is 15.2 Å². The molecule has 7 heteroatoms. The molecule has 0 radical (unpaired) electrons. The van der Waals surface area contributed by atoms with Gasteiger partial charge in [-0.15, -0.1) is 0 Å². The predicted octanol–water partition coefficient (Wildman–Crippen LogP) is 4.47. The van der Waals surface area contributed by atoms with Crippen LogP contribution in [0.4, 0.5) is 4.39 Å². The lowest BCUT2D eigenvalue weighted by Gasteiger charge is -2.44. The lowest BCUT2D eigenvalue weighted by atomic mass is 9.87. The van der Waals surface area contributed by atoms with E-state index < -0.39 is 11.7 Å². The van der Waals surface area contributed by atoms with Gasteiger partial charge in [0.2, 0.25) is 5.91 Å². The van der Waals surface area contributed by atoms with Crippen LogP contribution >= 0.6 is 0 Å². The molecule has 5 rings (SSSR count). The molecule has 2 aromatic carbocycles. The van der Waals surface area contributed by atoms with E-state index in [9.17, 15) is 9.18 Å². The predicted molar refractivity (Wildman–Crippen MR) is 123 cm³/mol. The Morgan fingerprint density at radius 2 is 2.09 bits per heavy atom. The number of hydrogen-bond acceptors (Lipinski definition) is 5. The zero-order chi connectivity index (χ0) is 22.9. The van der Waals surface area contributed by atoms with Crippen molar-refractivity contribution in [1.82, 2.24) is 4.90 Å². The van der Waals surface area contributed by atoms with Crippen LogP contribution in [0.5, 0.6) is 11.5 Å². The number of fused-ring (bicyclic) bond motifs is 2. The molecule has 1 aliphatic heterocycles. The van der Waals surface area contributed by atoms with E-state index >= 15 is 0 Å². The maximum Gasteiger partial charge on any atom is 0.249 e. The van der Waals surface area contributed by atoms with Crippen LogP contribution in [0.2, 0.25) is 0 Å². The zero-order valence-electron chi connectivity index (χ0n) is 18.8. The summed E-state index contributed by atoms with van der Waals surface area (Å²) in [5, 5.41) is 1.08. The Morgan fingerprint density at radius 3 is 2.82 bits per heavy atom. The summed E-state index contributed by atoms with van der Waals surface area (Å²) < 4.78 is 31.3. The highest BCUT2D eigenvalue weighted by molar-refractivity contribution is 5.95. The van der Waals surface area contributed by atoms with Gasteiger partial charge in [0, 0.05) is 28.6 Å². The standard InChI is InChI=1S/C26H29FN2O4/c1-31-23-9-3-8-19-16(14-32-25(19)23)5-4-12-29(17-6-2-7-17)18-13-21-20(26(28)30)10-11-22(27)24(21)33-15-18/h3,8-11,14,17-18H,2,4-7,12-13,15H2,1H3,(H2,28,30). The van der Waals surface area contributed by atoms with Gasteiger partial charge in [-0.05, 0) is 62.4 Å². The topological polar surface area (TPSA) is 77.9 Å². The second-order valence-corrected chi connectivity index (χ2v) is 8.96. The maximum absolute atomic E-state index is 14.3. The summed E-state index contributed by atoms with van der Waals surface area (Å²) in [5.74, 6) is -0.0702. The minimum Gasteiger partial charge on any atom is -0.493 e. The Bertz CT molecular complexity index is 1170. The monoisotopic (exact) mass is 452 g/mol. The summed E-state index contributed by atoms with van der Waals surface area (Å²) >= 11 is 0. The van der Waals surface area contributed by atoms with Gasteiger partial charge in [0.15, 0.2) is 22.9 Å². The number of aryl methyl sites for hydroxylation is 1. The number of amides is 1. The molecule has 1 fully saturated rings. The van der Waals surface area contributed by atoms with Crippen LogP contribution in [0.3, 0.4) is 0 Å². The Morgan fingerprint density at radius 1 is 1.24 bits per heavy atom. The zero-order valence-corrected chi connectivity index (χ0v) is 18.8. The minimum atomic E-state index is -0.548. The average molecular weight is 453 g/mol. The number of methoxy groups -OCH3 is 1. The van der Waals surface area contributed by atoms with Crippen LogP contribution in [0.15, 0.2) is 41.0 Å². The Balaban J connectivity index is 1.32. The molecular formula is C26H29FN2O4. The van der Waals surface area contributed by atoms with Crippen molar-refractivity contribution >= 4 is 16.9 Å². The highest BCUT2D eigenvalue weighted by Crippen LogP contribution is 2.36. The summed E-state index contributed by atoms with van der Waals surface area (Å²) in [6, 6.07) is 9.24. The third kappa shape index (κ3) is 4.06. The first-order chi connectivity index (χ1) is 16.1. The van der Waals surface area contributed by atoms with E-state index in [2.05, 4.69) is 11.0 Å². The Kier molecular flexibility index (Phi) is 5.98. The number of furan rings is 1. The molecule has 0 bridgehead atoms. The summed E-state index contributed by atoms with van der Waals surface area (Å²) in [4.78, 5) is 14.4. The fraction of sp³-hybridized carbons (Fsp3) is 0.423. The quantitative estimate of drug-likeness (QED) is 0.546. The molecule has 1 atom stereocenters. The fourth-order valence-electron chi connectivity index (χ4n) is 5.15. The van der Waals surface area contributed by atoms with Gasteiger partial charge < -0.3 is 19.6 Å². The van der Waals surface area contributed by atoms with Gasteiger partial charge in [0.1, 0.15) is 6.61 Å². The van der Waals surface area contributed by atoms with Crippen molar-refractivity contribution in [3.8, 4) is 11.5 Å². The van der Waals surface area contributed by atoms with E-state index in [1.54, 1.807) is 7.11 Å². The van der Waals surface area contributed by atoms with Gasteiger partial charge in [-0.2, -0.15) is 0 Å². The number of carbonyl (C=O) groups is 1. The third-order valence-corrected chi connectivity index (χ3v) is 7.08. The fourth-order valence-corrected chi connectivity index (χ4v) is 5.15. The molecule has 6 nitrogen and oxygen atoms in total. The number of para-hydroxylation sites is 1. The molecule has 1 amide bonds. The number of carbonyl (C=O) groups excluding carboxylic acids is 1. The molecule has 0 spiro atoms. The smallest absolute Gasteiger partial charge is 0.249 e. The van der Waals surface area contributed by atoms with Gasteiger partial charge in [-0.1, -0.05) is 18.6 Å². The second kappa shape index (κ2) is 9.06. The number of halogens is 1. The van der Waals surface area contributed by atoms with Crippen molar-refractivity contribution in [2.24, 2.45) is 5.73 Å². The Hall–Kier alpha value is -3.06. The highest BCUT2D eigenvalue weighted by Gasteiger charge is 2.35. The van der Waals surface area contributed by atoms with E-state index in [1.165, 1.54) is 24.1 Å². The molecule has 1 saturated carbocycles. The first-order valence-electron chi connectivity index (χ1n) is 11.6. The number of benzene rings is 2. The number of nitrogens with two attached hydrogens (primary N) is 1. The second-order valence-electron chi connectivity index (χ2n) is 8.96. The molecule has 3 aromatic rings. The van der Waals surface area contributed by atoms with Crippen LogP contribution in [-0.4, -0.2) is 43.2 Å². The molecule has 1 aliphatic carbocycles. The van der Waals surface area contributed by atoms with Crippen molar-refractivity contribution in [3.05, 3.63) is 59.1 Å². The molecule has 1 unspecified atom stereocenters. The van der Waals surface area contributed by atoms with Crippen molar-refractivity contribution in [3.63, 3.8) is 0 Å². The maximum atomic E-state index is 14.3. The van der Waals surface area contributed by atoms with Gasteiger partial charge in [0.25, 0.3) is 0 Å². The molecule has 33 heavy (non-hydrogen) atoms. The molecule has 1 aromatic heterocycles. The normalized spacial score (nSPS) is 18.1. The number of rotatable bonds is 8. The lowest BCUT2D eigenvalue weighted by molar-refractivity contribution is 0.0421. The van der Waals surface area contributed by atoms with E-state index in [0.717, 1.165) is 48.9 Å². The van der Waals surface area contributed by atoms with E-state index in [-0.39, 0.29) is 11.8 Å². The van der Waals surface area contributed by atoms with Crippen LogP contribution in [0.1, 0.15) is 47.2 Å². The number of ether oxygens (including phenoxy) is 2. The third-order valence-electron chi connectivity index (χ3n) is 7.08. The first kappa shape index (κ1) is 21.8. The van der Waals surface area contributed by atoms with Gasteiger partial charge in [-0.25, -0.2) is 4.39 Å². The van der Waals surface area contributed by atoms with Gasteiger partial charge >= 0.3 is 0 Å². The van der Waals surface area contributed by atoms with Crippen LogP contribution in [0.25, 0.3) is 11.0 Å². The number of nitrogens with zero attached hydrogens (tertiary/aromatic N) is 1. The van der Waals surface area contributed by atoms with E-state index in [0.29, 0.717) is 30.2 Å². The Labute approximate surface area is 192 Å². The van der Waals surface area contributed by atoms with E-state index in [4.69, 9.17) is 19.6 Å². The van der Waals surface area contributed by atoms with Crippen molar-refractivity contribution in [2.75, 3.05) is 20.3 Å². The summed E-state index contributed by atoms with van der Waals surface area (Å²) in [7, 11) is 1.65. The molecule has 2 N–H and O–H groups in total. The minimum absolute atomic E-state index is 0.0869. The van der Waals surface area contributed by atoms with Crippen molar-refractivity contribution in [2.45, 2.75) is 50.6 Å². The molecular weight excluding hydrogens is 423 g/mol. The first-order valence-corrected chi connectivity index (χ1v) is 11.6. The molecule has 0 saturated heterocycles. The van der Waals surface area contributed by atoms with Crippen molar-refractivity contribution in [1.29, 1.82) is 0 Å². The van der Waals surface area contributed by atoms with Crippen molar-refractivity contribution < 1.29 is 23.1 Å². The highest BCUT2D eigenvalue weighted by atomic mass is 19.1. The summed E-state index contributed by atoms with van der Waals surface area (Å²) in [6.07, 6.45) is 7.75. The van der Waals surface area contributed by atoms with Gasteiger partial charge in [0.05, 0.1) is 13.4 Å². The molecule has 174 valence electrons. The van der Waals surface area contributed by atoms with Crippen LogP contribution in [0, 0.1) is 5.82 Å². The average Bonchev–Trinajstić information content (AvgIpc) is 3.20. The molecule has 2 aliphatic rings. The molecule has 2 heterocycles. The van der Waals surface area contributed by atoms with Gasteiger partial charge in [-0.3, -0.25) is 9.69 Å². The largest absolute Gasteiger partial charge is 0.493 e. The van der Waals surface area contributed by atoms with Crippen LogP contribution in [-0.2, 0) is 12.8 Å². The summed E-state index contributed by atoms with van der Waals surface area (Å²) in [6.45, 7) is 1.31. The number of hydrogen-bond donors (Lipinski definition) is 1.